The van der Waals surface area contributed by atoms with E-state index in [2.05, 4.69) is 10.6 Å². The number of nitrogens with one attached hydrogen (secondary N) is 2. The standard InChI is InChI=1S/C11H10N2O6/c14-8-4-1-5(9(15)13-8)12-10(16)6-2-3-7(19-6)11(17)18/h2-3,5H,1,4H2,(H,12,16)(H,17,18)(H,13,14,15). The summed E-state index contributed by atoms with van der Waals surface area (Å²) in [6, 6.07) is 1.51. The van der Waals surface area contributed by atoms with Crippen LogP contribution in [0.4, 0.5) is 0 Å². The van der Waals surface area contributed by atoms with Gasteiger partial charge in [0.25, 0.3) is 5.91 Å². The third-order valence-corrected chi connectivity index (χ3v) is 2.59. The highest BCUT2D eigenvalue weighted by atomic mass is 16.4. The van der Waals surface area contributed by atoms with Crippen molar-refractivity contribution in [1.29, 1.82) is 0 Å². The summed E-state index contributed by atoms with van der Waals surface area (Å²) < 4.78 is 4.79. The summed E-state index contributed by atoms with van der Waals surface area (Å²) >= 11 is 0. The SMILES string of the molecule is O=C1CCC(NC(=O)c2ccc(C(=O)O)o2)C(=O)N1. The van der Waals surface area contributed by atoms with Crippen molar-refractivity contribution < 1.29 is 28.7 Å². The van der Waals surface area contributed by atoms with Crippen LogP contribution in [0.15, 0.2) is 16.5 Å². The van der Waals surface area contributed by atoms with E-state index in [9.17, 15) is 19.2 Å². The zero-order valence-electron chi connectivity index (χ0n) is 9.63. The molecule has 1 saturated heterocycles. The molecule has 0 radical (unpaired) electrons. The van der Waals surface area contributed by atoms with Crippen LogP contribution in [0.5, 0.6) is 0 Å². The monoisotopic (exact) mass is 266 g/mol. The van der Waals surface area contributed by atoms with Crippen molar-refractivity contribution in [2.75, 3.05) is 0 Å². The lowest BCUT2D eigenvalue weighted by molar-refractivity contribution is -0.134. The van der Waals surface area contributed by atoms with Crippen molar-refractivity contribution in [2.24, 2.45) is 0 Å². The van der Waals surface area contributed by atoms with E-state index in [0.717, 1.165) is 6.07 Å². The first-order valence-electron chi connectivity index (χ1n) is 5.45. The highest BCUT2D eigenvalue weighted by molar-refractivity contribution is 6.03. The number of carbonyl (C=O) groups is 4. The maximum atomic E-state index is 11.7. The Morgan fingerprint density at radius 1 is 1.32 bits per heavy atom. The van der Waals surface area contributed by atoms with Gasteiger partial charge in [-0.15, -0.1) is 0 Å². The fraction of sp³-hybridized carbons (Fsp3) is 0.273. The summed E-state index contributed by atoms with van der Waals surface area (Å²) in [6.07, 6.45) is 0.331. The van der Waals surface area contributed by atoms with Crippen LogP contribution < -0.4 is 10.6 Å². The summed E-state index contributed by atoms with van der Waals surface area (Å²) in [5.74, 6) is -3.55. The normalized spacial score (nSPS) is 18.8. The fourth-order valence-corrected chi connectivity index (χ4v) is 1.64. The van der Waals surface area contributed by atoms with Gasteiger partial charge in [0, 0.05) is 6.42 Å². The molecule has 0 aromatic carbocycles. The van der Waals surface area contributed by atoms with Gasteiger partial charge in [0.15, 0.2) is 5.76 Å². The van der Waals surface area contributed by atoms with Gasteiger partial charge in [-0.25, -0.2) is 4.79 Å². The van der Waals surface area contributed by atoms with E-state index in [1.54, 1.807) is 0 Å². The van der Waals surface area contributed by atoms with Crippen molar-refractivity contribution in [3.63, 3.8) is 0 Å². The van der Waals surface area contributed by atoms with Crippen LogP contribution in [0.3, 0.4) is 0 Å². The number of carboxylic acids is 1. The maximum Gasteiger partial charge on any atom is 0.371 e. The van der Waals surface area contributed by atoms with E-state index in [0.29, 0.717) is 0 Å². The van der Waals surface area contributed by atoms with Crippen LogP contribution in [0, 0.1) is 0 Å². The molecule has 1 fully saturated rings. The molecule has 19 heavy (non-hydrogen) atoms. The maximum absolute atomic E-state index is 11.7. The second-order valence-electron chi connectivity index (χ2n) is 3.95. The first-order chi connectivity index (χ1) is 8.97. The second-order valence-corrected chi connectivity index (χ2v) is 3.95. The van der Waals surface area contributed by atoms with Crippen LogP contribution >= 0.6 is 0 Å². The fourth-order valence-electron chi connectivity index (χ4n) is 1.64. The van der Waals surface area contributed by atoms with Gasteiger partial charge < -0.3 is 14.8 Å². The van der Waals surface area contributed by atoms with Crippen LogP contribution in [-0.2, 0) is 9.59 Å². The van der Waals surface area contributed by atoms with Crippen LogP contribution in [0.25, 0.3) is 0 Å². The molecule has 0 saturated carbocycles. The van der Waals surface area contributed by atoms with E-state index in [-0.39, 0.29) is 30.3 Å². The van der Waals surface area contributed by atoms with Crippen molar-refractivity contribution in [3.8, 4) is 0 Å². The lowest BCUT2D eigenvalue weighted by atomic mass is 10.1. The first kappa shape index (κ1) is 12.8. The number of furan rings is 1. The third kappa shape index (κ3) is 2.79. The summed E-state index contributed by atoms with van der Waals surface area (Å²) in [7, 11) is 0. The predicted octanol–water partition coefficient (Wildman–Crippen LogP) is -0.487. The van der Waals surface area contributed by atoms with Gasteiger partial charge in [-0.05, 0) is 18.6 Å². The molecule has 2 rings (SSSR count). The van der Waals surface area contributed by atoms with Gasteiger partial charge in [-0.1, -0.05) is 0 Å². The Labute approximate surface area is 106 Å². The molecule has 1 atom stereocenters. The van der Waals surface area contributed by atoms with Gasteiger partial charge >= 0.3 is 5.97 Å². The molecule has 3 N–H and O–H groups in total. The molecule has 1 aliphatic heterocycles. The van der Waals surface area contributed by atoms with Crippen molar-refractivity contribution in [2.45, 2.75) is 18.9 Å². The largest absolute Gasteiger partial charge is 0.475 e. The summed E-state index contributed by atoms with van der Waals surface area (Å²) in [6.45, 7) is 0. The van der Waals surface area contributed by atoms with Gasteiger partial charge in [-0.3, -0.25) is 19.7 Å². The Hall–Kier alpha value is -2.64. The molecule has 3 amide bonds. The molecule has 8 heteroatoms. The topological polar surface area (TPSA) is 126 Å². The lowest BCUT2D eigenvalue weighted by Crippen LogP contribution is -2.52. The number of imide groups is 1. The summed E-state index contributed by atoms with van der Waals surface area (Å²) in [5.41, 5.74) is 0. The number of piperidine rings is 1. The molecule has 0 aliphatic carbocycles. The summed E-state index contributed by atoms with van der Waals surface area (Å²) in [4.78, 5) is 44.6. The molecular weight excluding hydrogens is 256 g/mol. The molecule has 1 unspecified atom stereocenters. The van der Waals surface area contributed by atoms with Gasteiger partial charge in [0.2, 0.25) is 17.6 Å². The number of aromatic carboxylic acids is 1. The van der Waals surface area contributed by atoms with Crippen molar-refractivity contribution in [3.05, 3.63) is 23.7 Å². The Bertz CT molecular complexity index is 561. The predicted molar refractivity (Wildman–Crippen MR) is 59.3 cm³/mol. The van der Waals surface area contributed by atoms with E-state index >= 15 is 0 Å². The van der Waals surface area contributed by atoms with Gasteiger partial charge in [0.05, 0.1) is 0 Å². The molecule has 8 nitrogen and oxygen atoms in total. The molecule has 100 valence electrons. The van der Waals surface area contributed by atoms with Crippen LogP contribution in [0.2, 0.25) is 0 Å². The van der Waals surface area contributed by atoms with Crippen LogP contribution in [0.1, 0.15) is 34.0 Å². The van der Waals surface area contributed by atoms with E-state index < -0.39 is 23.8 Å². The number of rotatable bonds is 3. The number of hydrogen-bond acceptors (Lipinski definition) is 5. The molecular formula is C11H10N2O6. The Morgan fingerprint density at radius 3 is 2.58 bits per heavy atom. The van der Waals surface area contributed by atoms with Gasteiger partial charge in [-0.2, -0.15) is 0 Å². The highest BCUT2D eigenvalue weighted by Gasteiger charge is 2.29. The smallest absolute Gasteiger partial charge is 0.371 e. The van der Waals surface area contributed by atoms with Crippen molar-refractivity contribution >= 4 is 23.7 Å². The molecule has 1 aliphatic rings. The number of carboxylic acid groups (broad SMARTS) is 1. The number of hydrogen-bond donors (Lipinski definition) is 3. The first-order valence-corrected chi connectivity index (χ1v) is 5.45. The second kappa shape index (κ2) is 4.92. The average molecular weight is 266 g/mol. The van der Waals surface area contributed by atoms with E-state index in [1.807, 2.05) is 0 Å². The zero-order valence-corrected chi connectivity index (χ0v) is 9.63. The molecule has 0 spiro atoms. The minimum atomic E-state index is -1.29. The van der Waals surface area contributed by atoms with E-state index in [1.165, 1.54) is 6.07 Å². The number of amides is 3. The summed E-state index contributed by atoms with van der Waals surface area (Å²) in [5, 5.41) is 13.1. The molecule has 1 aromatic heterocycles. The Morgan fingerprint density at radius 2 is 2.00 bits per heavy atom. The highest BCUT2D eigenvalue weighted by Crippen LogP contribution is 2.10. The average Bonchev–Trinajstić information content (AvgIpc) is 2.82. The molecule has 2 heterocycles. The lowest BCUT2D eigenvalue weighted by Gasteiger charge is -2.21. The van der Waals surface area contributed by atoms with E-state index in [4.69, 9.17) is 9.52 Å². The molecule has 1 aromatic rings. The Balaban J connectivity index is 2.02. The van der Waals surface area contributed by atoms with Crippen molar-refractivity contribution in [1.82, 2.24) is 10.6 Å². The zero-order chi connectivity index (χ0) is 14.0. The third-order valence-electron chi connectivity index (χ3n) is 2.59. The quantitative estimate of drug-likeness (QED) is 0.634. The minimum absolute atomic E-state index is 0.134. The minimum Gasteiger partial charge on any atom is -0.475 e. The van der Waals surface area contributed by atoms with Gasteiger partial charge in [0.1, 0.15) is 6.04 Å². The van der Waals surface area contributed by atoms with Crippen LogP contribution in [-0.4, -0.2) is 34.8 Å². The Kier molecular flexibility index (Phi) is 3.32. The molecule has 0 bridgehead atoms. The number of carbonyl (C=O) groups excluding carboxylic acids is 3.